The molecule has 10 heteroatoms. The Hall–Kier alpha value is -4.86. The lowest BCUT2D eigenvalue weighted by Crippen LogP contribution is -2.46. The number of benzene rings is 3. The van der Waals surface area contributed by atoms with Crippen LogP contribution in [0.25, 0.3) is 22.2 Å². The number of nitrogens with one attached hydrogen (secondary N) is 1. The minimum atomic E-state index is -1.48. The number of fused-ring (bicyclic) bond motifs is 4. The van der Waals surface area contributed by atoms with E-state index in [1.807, 2.05) is 48.5 Å². The van der Waals surface area contributed by atoms with Gasteiger partial charge in [-0.2, -0.15) is 0 Å². The summed E-state index contributed by atoms with van der Waals surface area (Å²) < 4.78 is 13.5. The third kappa shape index (κ3) is 5.52. The van der Waals surface area contributed by atoms with Gasteiger partial charge in [0.2, 0.25) is 0 Å². The van der Waals surface area contributed by atoms with E-state index in [9.17, 15) is 24.3 Å². The second-order valence-corrected chi connectivity index (χ2v) is 11.3. The molecule has 0 saturated carbocycles. The van der Waals surface area contributed by atoms with Crippen LogP contribution >= 0.6 is 0 Å². The van der Waals surface area contributed by atoms with E-state index in [4.69, 9.17) is 9.47 Å². The first-order valence-corrected chi connectivity index (χ1v) is 13.7. The van der Waals surface area contributed by atoms with Crippen molar-refractivity contribution in [2.24, 2.45) is 0 Å². The molecule has 1 aliphatic rings. The average molecular weight is 572 g/mol. The first kappa shape index (κ1) is 28.7. The molecule has 10 nitrogen and oxygen atoms in total. The van der Waals surface area contributed by atoms with Gasteiger partial charge in [-0.3, -0.25) is 9.13 Å². The zero-order chi connectivity index (χ0) is 30.2. The Labute approximate surface area is 242 Å². The molecule has 0 fully saturated rings. The molecule has 218 valence electrons. The highest BCUT2D eigenvalue weighted by Crippen LogP contribution is 2.44. The van der Waals surface area contributed by atoms with Gasteiger partial charge in [-0.25, -0.2) is 19.2 Å². The maximum atomic E-state index is 13.6. The number of para-hydroxylation sites is 2. The highest BCUT2D eigenvalue weighted by Gasteiger charge is 2.31. The lowest BCUT2D eigenvalue weighted by molar-refractivity contribution is -0.158. The number of aromatic nitrogens is 2. The molecule has 2 N–H and O–H groups in total. The second kappa shape index (κ2) is 11.2. The smallest absolute Gasteiger partial charge is 0.407 e. The second-order valence-electron chi connectivity index (χ2n) is 11.3. The van der Waals surface area contributed by atoms with E-state index in [1.54, 1.807) is 52.0 Å². The Morgan fingerprint density at radius 2 is 1.45 bits per heavy atom. The summed E-state index contributed by atoms with van der Waals surface area (Å²) in [5, 5.41) is 12.4. The van der Waals surface area contributed by atoms with Gasteiger partial charge < -0.3 is 19.9 Å². The number of nitrogens with zero attached hydrogens (tertiary/aromatic N) is 2. The number of carbonyl (C=O) groups excluding carboxylic acids is 2. The molecule has 2 atom stereocenters. The number of carboxylic acids is 1. The standard InChI is InChI=1S/C32H33N3O7/c1-19(29(38)42-32(2,3)4)35-27-16-10-9-15-26(27)34(31(35)40)17-25(28(36)37)33-30(39)41-18-24-22-13-7-5-11-20(22)21-12-6-8-14-23(21)24/h5-16,19,24-25H,17-18H2,1-4H3,(H,33,39)(H,36,37). The van der Waals surface area contributed by atoms with Crippen molar-refractivity contribution < 1.29 is 29.0 Å². The van der Waals surface area contributed by atoms with E-state index in [1.165, 1.54) is 9.13 Å². The van der Waals surface area contributed by atoms with E-state index in [0.717, 1.165) is 22.3 Å². The van der Waals surface area contributed by atoms with Crippen LogP contribution in [0.2, 0.25) is 0 Å². The first-order valence-electron chi connectivity index (χ1n) is 13.7. The normalized spacial score (nSPS) is 14.1. The molecule has 1 aromatic heterocycles. The zero-order valence-corrected chi connectivity index (χ0v) is 23.9. The van der Waals surface area contributed by atoms with Crippen LogP contribution in [-0.4, -0.2) is 50.5 Å². The van der Waals surface area contributed by atoms with Crippen molar-refractivity contribution in [3.8, 4) is 11.1 Å². The van der Waals surface area contributed by atoms with Crippen molar-refractivity contribution in [1.29, 1.82) is 0 Å². The SMILES string of the molecule is CC(C(=O)OC(C)(C)C)n1c(=O)n(CC(NC(=O)OCC2c3ccccc3-c3ccccc32)C(=O)O)c2ccccc21. The van der Waals surface area contributed by atoms with Gasteiger partial charge in [0.15, 0.2) is 0 Å². The van der Waals surface area contributed by atoms with Crippen LogP contribution in [0.1, 0.15) is 50.8 Å². The Morgan fingerprint density at radius 3 is 2.02 bits per heavy atom. The van der Waals surface area contributed by atoms with Gasteiger partial charge in [0.05, 0.1) is 17.6 Å². The van der Waals surface area contributed by atoms with Gasteiger partial charge in [-0.05, 0) is 62.1 Å². The molecular formula is C32H33N3O7. The van der Waals surface area contributed by atoms with Crippen LogP contribution in [0.15, 0.2) is 77.6 Å². The number of ether oxygens (including phenoxy) is 2. The van der Waals surface area contributed by atoms with Crippen molar-refractivity contribution in [3.05, 3.63) is 94.4 Å². The van der Waals surface area contributed by atoms with Crippen molar-refractivity contribution in [3.63, 3.8) is 0 Å². The number of imidazole rings is 1. The van der Waals surface area contributed by atoms with Crippen molar-refractivity contribution in [1.82, 2.24) is 14.5 Å². The predicted octanol–water partition coefficient (Wildman–Crippen LogP) is 4.70. The fourth-order valence-electron chi connectivity index (χ4n) is 5.43. The fourth-order valence-corrected chi connectivity index (χ4v) is 5.43. The number of aliphatic carboxylic acids is 1. The summed E-state index contributed by atoms with van der Waals surface area (Å²) in [5.74, 6) is -2.13. The summed E-state index contributed by atoms with van der Waals surface area (Å²) in [6.07, 6.45) is -0.914. The highest BCUT2D eigenvalue weighted by molar-refractivity contribution is 5.83. The van der Waals surface area contributed by atoms with Gasteiger partial charge in [0.25, 0.3) is 0 Å². The van der Waals surface area contributed by atoms with Crippen LogP contribution in [-0.2, 0) is 25.6 Å². The third-order valence-corrected chi connectivity index (χ3v) is 7.30. The molecule has 4 aromatic rings. The molecule has 0 spiro atoms. The Kier molecular flexibility index (Phi) is 7.64. The first-order chi connectivity index (χ1) is 20.0. The number of rotatable bonds is 8. The van der Waals surface area contributed by atoms with Crippen LogP contribution in [0.5, 0.6) is 0 Å². The topological polar surface area (TPSA) is 129 Å². The molecule has 2 unspecified atom stereocenters. The van der Waals surface area contributed by atoms with E-state index in [0.29, 0.717) is 11.0 Å². The molecular weight excluding hydrogens is 538 g/mol. The number of carboxylic acid groups (broad SMARTS) is 1. The molecule has 0 saturated heterocycles. The number of carbonyl (C=O) groups is 3. The summed E-state index contributed by atoms with van der Waals surface area (Å²) in [4.78, 5) is 51.5. The van der Waals surface area contributed by atoms with E-state index >= 15 is 0 Å². The van der Waals surface area contributed by atoms with Gasteiger partial charge in [0.1, 0.15) is 24.3 Å². The lowest BCUT2D eigenvalue weighted by atomic mass is 9.98. The van der Waals surface area contributed by atoms with Crippen molar-refractivity contribution in [2.45, 2.75) is 57.8 Å². The summed E-state index contributed by atoms with van der Waals surface area (Å²) in [5.41, 5.74) is 3.69. The molecule has 0 bridgehead atoms. The van der Waals surface area contributed by atoms with Crippen LogP contribution in [0, 0.1) is 0 Å². The maximum Gasteiger partial charge on any atom is 0.407 e. The number of esters is 1. The Morgan fingerprint density at radius 1 is 0.905 bits per heavy atom. The van der Waals surface area contributed by atoms with Crippen molar-refractivity contribution in [2.75, 3.05) is 6.61 Å². The number of amides is 1. The maximum absolute atomic E-state index is 13.6. The molecule has 0 radical (unpaired) electrons. The van der Waals surface area contributed by atoms with Gasteiger partial charge in [0, 0.05) is 5.92 Å². The number of hydrogen-bond donors (Lipinski definition) is 2. The van der Waals surface area contributed by atoms with Crippen LogP contribution < -0.4 is 11.0 Å². The molecule has 1 amide bonds. The van der Waals surface area contributed by atoms with Crippen LogP contribution in [0.3, 0.4) is 0 Å². The summed E-state index contributed by atoms with van der Waals surface area (Å²) in [7, 11) is 0. The lowest BCUT2D eigenvalue weighted by Gasteiger charge is -2.22. The number of alkyl carbamates (subject to hydrolysis) is 1. The van der Waals surface area contributed by atoms with Crippen LogP contribution in [0.4, 0.5) is 4.79 Å². The minimum Gasteiger partial charge on any atom is -0.480 e. The summed E-state index contributed by atoms with van der Waals surface area (Å²) >= 11 is 0. The largest absolute Gasteiger partial charge is 0.480 e. The monoisotopic (exact) mass is 571 g/mol. The van der Waals surface area contributed by atoms with E-state index in [2.05, 4.69) is 5.32 Å². The number of hydrogen-bond acceptors (Lipinski definition) is 6. The molecule has 3 aromatic carbocycles. The average Bonchev–Trinajstić information content (AvgIpc) is 3.41. The molecule has 0 aliphatic heterocycles. The van der Waals surface area contributed by atoms with E-state index < -0.39 is 41.4 Å². The predicted molar refractivity (Wildman–Crippen MR) is 156 cm³/mol. The van der Waals surface area contributed by atoms with Gasteiger partial charge in [-0.1, -0.05) is 60.7 Å². The van der Waals surface area contributed by atoms with Gasteiger partial charge in [-0.15, -0.1) is 0 Å². The summed E-state index contributed by atoms with van der Waals surface area (Å²) in [6, 6.07) is 20.1. The Balaban J connectivity index is 1.35. The third-order valence-electron chi connectivity index (χ3n) is 7.30. The van der Waals surface area contributed by atoms with Crippen molar-refractivity contribution >= 4 is 29.1 Å². The zero-order valence-electron chi connectivity index (χ0n) is 23.9. The minimum absolute atomic E-state index is 0.0128. The summed E-state index contributed by atoms with van der Waals surface area (Å²) in [6.45, 7) is 6.38. The fraction of sp³-hybridized carbons (Fsp3) is 0.312. The van der Waals surface area contributed by atoms with E-state index in [-0.39, 0.29) is 19.1 Å². The molecule has 5 rings (SSSR count). The van der Waals surface area contributed by atoms with Gasteiger partial charge >= 0.3 is 23.7 Å². The molecule has 1 heterocycles. The molecule has 1 aliphatic carbocycles. The Bertz CT molecular complexity index is 1680. The highest BCUT2D eigenvalue weighted by atomic mass is 16.6. The quantitative estimate of drug-likeness (QED) is 0.294. The molecule has 42 heavy (non-hydrogen) atoms.